The van der Waals surface area contributed by atoms with Crippen molar-refractivity contribution in [2.75, 3.05) is 6.26 Å². The van der Waals surface area contributed by atoms with Gasteiger partial charge < -0.3 is 0 Å². The van der Waals surface area contributed by atoms with Crippen molar-refractivity contribution < 1.29 is 21.8 Å². The zero-order valence-electron chi connectivity index (χ0n) is 8.52. The predicted octanol–water partition coefficient (Wildman–Crippen LogP) is -0.167. The van der Waals surface area contributed by atoms with E-state index in [0.29, 0.717) is 6.26 Å². The minimum absolute atomic E-state index is 0.638. The van der Waals surface area contributed by atoms with Crippen molar-refractivity contribution >= 4 is 25.7 Å². The molecular formula is C7H8N2O6S2. The number of nitrogens with zero attached hydrogens (tertiary/aromatic N) is 1. The molecule has 0 aromatic heterocycles. The van der Waals surface area contributed by atoms with Crippen LogP contribution in [0, 0.1) is 10.1 Å². The molecule has 0 saturated heterocycles. The molecule has 1 aromatic carbocycles. The Morgan fingerprint density at radius 1 is 1.18 bits per heavy atom. The summed E-state index contributed by atoms with van der Waals surface area (Å²) in [5, 5.41) is 10.6. The predicted molar refractivity (Wildman–Crippen MR) is 58.3 cm³/mol. The molecule has 0 spiro atoms. The summed E-state index contributed by atoms with van der Waals surface area (Å²) in [6.07, 6.45) is 0.638. The minimum atomic E-state index is -4.47. The smallest absolute Gasteiger partial charge is 0.258 e. The first kappa shape index (κ1) is 13.5. The molecule has 94 valence electrons. The third-order valence-corrected chi connectivity index (χ3v) is 4.63. The maximum atomic E-state index is 11.6. The summed E-state index contributed by atoms with van der Waals surface area (Å²) in [5.74, 6) is 0. The monoisotopic (exact) mass is 280 g/mol. The van der Waals surface area contributed by atoms with Crippen molar-refractivity contribution in [3.63, 3.8) is 0 Å². The second-order valence-corrected chi connectivity index (χ2v) is 6.74. The van der Waals surface area contributed by atoms with Gasteiger partial charge in [-0.3, -0.25) is 10.1 Å². The van der Waals surface area contributed by atoms with E-state index in [1.165, 1.54) is 16.3 Å². The van der Waals surface area contributed by atoms with Crippen LogP contribution < -0.4 is 4.13 Å². The van der Waals surface area contributed by atoms with Crippen molar-refractivity contribution in [3.05, 3.63) is 34.4 Å². The summed E-state index contributed by atoms with van der Waals surface area (Å²) in [4.78, 5) is 8.99. The lowest BCUT2D eigenvalue weighted by molar-refractivity contribution is -0.387. The molecule has 0 aliphatic carbocycles. The lowest BCUT2D eigenvalue weighted by Crippen LogP contribution is -2.29. The number of nitrogens with one attached hydrogen (secondary N) is 1. The molecule has 0 radical (unpaired) electrons. The van der Waals surface area contributed by atoms with Gasteiger partial charge in [0.05, 0.1) is 11.2 Å². The lowest BCUT2D eigenvalue weighted by Gasteiger charge is -2.04. The van der Waals surface area contributed by atoms with Gasteiger partial charge in [-0.1, -0.05) is 12.1 Å². The van der Waals surface area contributed by atoms with Crippen LogP contribution >= 0.6 is 0 Å². The molecule has 0 fully saturated rings. The fourth-order valence-corrected chi connectivity index (χ4v) is 3.71. The van der Waals surface area contributed by atoms with E-state index in [1.807, 2.05) is 0 Å². The molecule has 1 aromatic rings. The van der Waals surface area contributed by atoms with E-state index in [1.54, 1.807) is 0 Å². The standard InChI is InChI=1S/C7H8N2O6S2/c1-16(12,13)8-17(14,15)7-5-3-2-4-6(7)9(10)11/h2-5,8H,1H3. The maximum absolute atomic E-state index is 11.6. The van der Waals surface area contributed by atoms with Crippen molar-refractivity contribution in [2.24, 2.45) is 0 Å². The number of hydrogen-bond acceptors (Lipinski definition) is 6. The van der Waals surface area contributed by atoms with E-state index in [0.717, 1.165) is 12.1 Å². The van der Waals surface area contributed by atoms with Gasteiger partial charge in [0.2, 0.25) is 10.0 Å². The van der Waals surface area contributed by atoms with E-state index >= 15 is 0 Å². The number of nitro benzene ring substituents is 1. The zero-order chi connectivity index (χ0) is 13.3. The van der Waals surface area contributed by atoms with Gasteiger partial charge in [0.1, 0.15) is 0 Å². The van der Waals surface area contributed by atoms with Gasteiger partial charge in [0.15, 0.2) is 4.90 Å². The van der Waals surface area contributed by atoms with Gasteiger partial charge in [-0.2, -0.15) is 0 Å². The average molecular weight is 280 g/mol. The maximum Gasteiger partial charge on any atom is 0.289 e. The summed E-state index contributed by atoms with van der Waals surface area (Å²) in [7, 11) is -8.51. The Morgan fingerprint density at radius 3 is 2.18 bits per heavy atom. The highest BCUT2D eigenvalue weighted by Gasteiger charge is 2.27. The van der Waals surface area contributed by atoms with Crippen LogP contribution in [0.4, 0.5) is 5.69 Å². The highest BCUT2D eigenvalue weighted by Crippen LogP contribution is 2.22. The fourth-order valence-electron chi connectivity index (χ4n) is 1.08. The first-order valence-electron chi connectivity index (χ1n) is 4.10. The van der Waals surface area contributed by atoms with Gasteiger partial charge in [0.25, 0.3) is 15.7 Å². The number of rotatable bonds is 4. The lowest BCUT2D eigenvalue weighted by atomic mass is 10.3. The summed E-state index contributed by atoms with van der Waals surface area (Å²) >= 11 is 0. The highest BCUT2D eigenvalue weighted by atomic mass is 32.3. The average Bonchev–Trinajstić information content (AvgIpc) is 2.14. The molecule has 0 aliphatic rings. The Balaban J connectivity index is 3.40. The Morgan fingerprint density at radius 2 is 1.71 bits per heavy atom. The SMILES string of the molecule is CS(=O)(=O)NS(=O)(=O)c1ccccc1[N+](=O)[O-]. The molecule has 17 heavy (non-hydrogen) atoms. The molecule has 1 rings (SSSR count). The molecule has 8 nitrogen and oxygen atoms in total. The van der Waals surface area contributed by atoms with Crippen LogP contribution in [0.3, 0.4) is 0 Å². The topological polar surface area (TPSA) is 123 Å². The first-order chi connectivity index (χ1) is 7.63. The van der Waals surface area contributed by atoms with Crippen LogP contribution in [0.25, 0.3) is 0 Å². The molecule has 0 aliphatic heterocycles. The summed E-state index contributed by atoms with van der Waals surface area (Å²) in [5.41, 5.74) is -0.691. The second-order valence-electron chi connectivity index (χ2n) is 3.08. The third-order valence-electron chi connectivity index (χ3n) is 1.61. The van der Waals surface area contributed by atoms with Crippen molar-refractivity contribution in [1.82, 2.24) is 4.13 Å². The van der Waals surface area contributed by atoms with Crippen LogP contribution in [0.15, 0.2) is 29.2 Å². The first-order valence-corrected chi connectivity index (χ1v) is 7.48. The van der Waals surface area contributed by atoms with E-state index in [4.69, 9.17) is 0 Å². The molecule has 0 unspecified atom stereocenters. The highest BCUT2D eigenvalue weighted by molar-refractivity contribution is 8.04. The molecule has 0 saturated carbocycles. The molecule has 0 bridgehead atoms. The van der Waals surface area contributed by atoms with Crippen molar-refractivity contribution in [1.29, 1.82) is 0 Å². The van der Waals surface area contributed by atoms with Gasteiger partial charge in [-0.15, -0.1) is 4.13 Å². The molecule has 10 heteroatoms. The van der Waals surface area contributed by atoms with E-state index < -0.39 is 35.6 Å². The molecule has 0 atom stereocenters. The van der Waals surface area contributed by atoms with Crippen LogP contribution in [-0.2, 0) is 20.0 Å². The molecule has 0 amide bonds. The van der Waals surface area contributed by atoms with Crippen molar-refractivity contribution in [2.45, 2.75) is 4.90 Å². The van der Waals surface area contributed by atoms with Gasteiger partial charge in [-0.05, 0) is 6.07 Å². The number of benzene rings is 1. The third kappa shape index (κ3) is 3.47. The Bertz CT molecular complexity index is 649. The molecule has 1 N–H and O–H groups in total. The Kier molecular flexibility index (Phi) is 3.50. The number of hydrogen-bond donors (Lipinski definition) is 1. The minimum Gasteiger partial charge on any atom is -0.258 e. The Hall–Kier alpha value is -1.52. The van der Waals surface area contributed by atoms with Gasteiger partial charge in [0, 0.05) is 6.07 Å². The quantitative estimate of drug-likeness (QED) is 0.603. The van der Waals surface area contributed by atoms with Crippen LogP contribution in [0.5, 0.6) is 0 Å². The number of para-hydroxylation sites is 1. The normalized spacial score (nSPS) is 12.3. The van der Waals surface area contributed by atoms with Crippen molar-refractivity contribution in [3.8, 4) is 0 Å². The van der Waals surface area contributed by atoms with Crippen LogP contribution in [-0.4, -0.2) is 28.0 Å². The van der Waals surface area contributed by atoms with Gasteiger partial charge >= 0.3 is 0 Å². The van der Waals surface area contributed by atoms with Crippen LogP contribution in [0.1, 0.15) is 0 Å². The van der Waals surface area contributed by atoms with E-state index in [2.05, 4.69) is 0 Å². The molecular weight excluding hydrogens is 272 g/mol. The number of nitro groups is 1. The summed E-state index contributed by atoms with van der Waals surface area (Å²) in [6.45, 7) is 0. The second kappa shape index (κ2) is 4.39. The Labute approximate surface area is 97.5 Å². The fraction of sp³-hybridized carbons (Fsp3) is 0.143. The summed E-state index contributed by atoms with van der Waals surface area (Å²) < 4.78 is 46.2. The largest absolute Gasteiger partial charge is 0.289 e. The van der Waals surface area contributed by atoms with E-state index in [9.17, 15) is 26.9 Å². The zero-order valence-corrected chi connectivity index (χ0v) is 10.2. The van der Waals surface area contributed by atoms with E-state index in [-0.39, 0.29) is 0 Å². The summed E-state index contributed by atoms with van der Waals surface area (Å²) in [6, 6.07) is 4.45. The van der Waals surface area contributed by atoms with Gasteiger partial charge in [-0.25, -0.2) is 16.8 Å². The molecule has 0 heterocycles. The van der Waals surface area contributed by atoms with Crippen LogP contribution in [0.2, 0.25) is 0 Å². The number of sulfonamides is 2.